The van der Waals surface area contributed by atoms with Gasteiger partial charge in [-0.1, -0.05) is 43.3 Å². The zero-order valence-corrected chi connectivity index (χ0v) is 11.3. The fourth-order valence-electron chi connectivity index (χ4n) is 1.43. The van der Waals surface area contributed by atoms with E-state index in [1.54, 1.807) is 23.9 Å². The van der Waals surface area contributed by atoms with Gasteiger partial charge in [0.05, 0.1) is 10.7 Å². The largest absolute Gasteiger partial charge is 0.333 e. The highest BCUT2D eigenvalue weighted by Crippen LogP contribution is 2.29. The minimum Gasteiger partial charge on any atom is -0.333 e. The Kier molecular flexibility index (Phi) is 3.64. The molecule has 1 heterocycles. The third-order valence-corrected chi connectivity index (χ3v) is 4.17. The topological polar surface area (TPSA) is 24.4 Å². The van der Waals surface area contributed by atoms with Crippen LogP contribution in [-0.4, -0.2) is 17.5 Å². The van der Waals surface area contributed by atoms with Gasteiger partial charge in [0.25, 0.3) is 0 Å². The number of benzene rings is 1. The van der Waals surface area contributed by atoms with Crippen LogP contribution in [0, 0.1) is 11.2 Å². The maximum Gasteiger partial charge on any atom is 0.165 e. The van der Waals surface area contributed by atoms with E-state index in [0.717, 1.165) is 17.5 Å². The number of rotatable bonds is 1. The molecule has 0 fully saturated rings. The van der Waals surface area contributed by atoms with Gasteiger partial charge in [0.2, 0.25) is 0 Å². The van der Waals surface area contributed by atoms with Crippen molar-refractivity contribution in [3.63, 3.8) is 0 Å². The molecule has 1 aliphatic rings. The van der Waals surface area contributed by atoms with E-state index in [2.05, 4.69) is 24.2 Å². The van der Waals surface area contributed by atoms with Crippen LogP contribution in [0.15, 0.2) is 23.2 Å². The van der Waals surface area contributed by atoms with Gasteiger partial charge in [-0.05, 0) is 17.5 Å². The first-order valence-corrected chi connectivity index (χ1v) is 6.73. The van der Waals surface area contributed by atoms with E-state index in [4.69, 9.17) is 11.6 Å². The van der Waals surface area contributed by atoms with Crippen LogP contribution in [0.1, 0.15) is 13.8 Å². The van der Waals surface area contributed by atoms with Crippen molar-refractivity contribution in [2.75, 3.05) is 17.6 Å². The number of hydrogen-bond acceptors (Lipinski definition) is 3. The number of nitrogens with one attached hydrogen (secondary N) is 1. The lowest BCUT2D eigenvalue weighted by Crippen LogP contribution is -2.27. The Morgan fingerprint density at radius 1 is 1.47 bits per heavy atom. The van der Waals surface area contributed by atoms with E-state index < -0.39 is 5.82 Å². The molecule has 1 aromatic rings. The van der Waals surface area contributed by atoms with Crippen LogP contribution in [0.2, 0.25) is 5.02 Å². The molecule has 0 aliphatic carbocycles. The molecular formula is C12H14ClFN2S. The van der Waals surface area contributed by atoms with Gasteiger partial charge in [-0.3, -0.25) is 4.99 Å². The van der Waals surface area contributed by atoms with Crippen molar-refractivity contribution in [2.24, 2.45) is 10.4 Å². The number of amidine groups is 1. The highest BCUT2D eigenvalue weighted by molar-refractivity contribution is 8.14. The number of hydrogen-bond donors (Lipinski definition) is 1. The van der Waals surface area contributed by atoms with Gasteiger partial charge in [0.15, 0.2) is 11.0 Å². The molecule has 0 unspecified atom stereocenters. The lowest BCUT2D eigenvalue weighted by molar-refractivity contribution is 0.438. The molecule has 0 bridgehead atoms. The zero-order chi connectivity index (χ0) is 12.5. The summed E-state index contributed by atoms with van der Waals surface area (Å²) in [6.07, 6.45) is 0. The second-order valence-electron chi connectivity index (χ2n) is 4.80. The normalized spacial score (nSPS) is 18.7. The van der Waals surface area contributed by atoms with E-state index in [1.165, 1.54) is 6.07 Å². The monoisotopic (exact) mass is 272 g/mol. The molecule has 17 heavy (non-hydrogen) atoms. The van der Waals surface area contributed by atoms with Gasteiger partial charge >= 0.3 is 0 Å². The zero-order valence-electron chi connectivity index (χ0n) is 9.76. The van der Waals surface area contributed by atoms with Crippen molar-refractivity contribution in [3.8, 4) is 0 Å². The van der Waals surface area contributed by atoms with Gasteiger partial charge in [-0.25, -0.2) is 4.39 Å². The third kappa shape index (κ3) is 3.13. The van der Waals surface area contributed by atoms with E-state index in [9.17, 15) is 4.39 Å². The molecule has 2 nitrogen and oxygen atoms in total. The highest BCUT2D eigenvalue weighted by atomic mass is 35.5. The first-order valence-electron chi connectivity index (χ1n) is 5.36. The van der Waals surface area contributed by atoms with Gasteiger partial charge in [0.1, 0.15) is 0 Å². The Labute approximate surface area is 110 Å². The number of thioether (sulfide) groups is 1. The molecule has 1 aromatic carbocycles. The Morgan fingerprint density at radius 2 is 2.24 bits per heavy atom. The summed E-state index contributed by atoms with van der Waals surface area (Å²) in [5.41, 5.74) is 0.589. The summed E-state index contributed by atoms with van der Waals surface area (Å²) in [7, 11) is 0. The molecule has 0 amide bonds. The molecule has 2 rings (SSSR count). The molecule has 0 radical (unpaired) electrons. The van der Waals surface area contributed by atoms with Crippen LogP contribution in [0.3, 0.4) is 0 Å². The minimum absolute atomic E-state index is 0.122. The van der Waals surface area contributed by atoms with E-state index in [1.807, 2.05) is 0 Å². The maximum absolute atomic E-state index is 13.6. The second-order valence-corrected chi connectivity index (χ2v) is 6.17. The molecule has 1 aliphatic heterocycles. The molecule has 0 saturated carbocycles. The van der Waals surface area contributed by atoms with E-state index >= 15 is 0 Å². The summed E-state index contributed by atoms with van der Waals surface area (Å²) in [6, 6.07) is 4.90. The standard InChI is InChI=1S/C12H14ClFN2S/c1-12(2)6-15-11(17-7-12)16-9-5-3-4-8(13)10(9)14/h3-5H,6-7H2,1-2H3,(H,15,16). The van der Waals surface area contributed by atoms with Crippen molar-refractivity contribution in [3.05, 3.63) is 29.0 Å². The predicted molar refractivity (Wildman–Crippen MR) is 73.6 cm³/mol. The Morgan fingerprint density at radius 3 is 2.88 bits per heavy atom. The summed E-state index contributed by atoms with van der Waals surface area (Å²) in [4.78, 5) is 4.41. The van der Waals surface area contributed by atoms with Crippen LogP contribution in [0.25, 0.3) is 0 Å². The molecule has 0 spiro atoms. The minimum atomic E-state index is -0.428. The van der Waals surface area contributed by atoms with E-state index in [0.29, 0.717) is 5.69 Å². The van der Waals surface area contributed by atoms with Gasteiger partial charge in [-0.2, -0.15) is 0 Å². The SMILES string of the molecule is CC1(C)CN=C(Nc2cccc(Cl)c2F)SC1. The molecule has 92 valence electrons. The summed E-state index contributed by atoms with van der Waals surface area (Å²) >= 11 is 7.32. The third-order valence-electron chi connectivity index (χ3n) is 2.44. The van der Waals surface area contributed by atoms with Crippen LogP contribution in [0.4, 0.5) is 10.1 Å². The highest BCUT2D eigenvalue weighted by Gasteiger charge is 2.23. The fraction of sp³-hybridized carbons (Fsp3) is 0.417. The lowest BCUT2D eigenvalue weighted by atomic mass is 9.97. The molecule has 0 aromatic heterocycles. The summed E-state index contributed by atoms with van der Waals surface area (Å²) in [6.45, 7) is 5.09. The smallest absolute Gasteiger partial charge is 0.165 e. The average molecular weight is 273 g/mol. The van der Waals surface area contributed by atoms with Crippen molar-refractivity contribution < 1.29 is 4.39 Å². The van der Waals surface area contributed by atoms with Gasteiger partial charge < -0.3 is 5.32 Å². The Bertz CT molecular complexity index is 460. The fourth-order valence-corrected chi connectivity index (χ4v) is 2.56. The molecule has 1 N–H and O–H groups in total. The molecule has 0 saturated heterocycles. The lowest BCUT2D eigenvalue weighted by Gasteiger charge is -2.27. The van der Waals surface area contributed by atoms with Crippen LogP contribution in [-0.2, 0) is 0 Å². The predicted octanol–water partition coefficient (Wildman–Crippen LogP) is 4.02. The first kappa shape index (κ1) is 12.7. The van der Waals surface area contributed by atoms with Crippen LogP contribution >= 0.6 is 23.4 Å². The van der Waals surface area contributed by atoms with Crippen molar-refractivity contribution in [1.82, 2.24) is 0 Å². The van der Waals surface area contributed by atoms with Crippen molar-refractivity contribution in [2.45, 2.75) is 13.8 Å². The average Bonchev–Trinajstić information content (AvgIpc) is 2.27. The quantitative estimate of drug-likeness (QED) is 0.835. The number of aliphatic imine (C=N–C) groups is 1. The van der Waals surface area contributed by atoms with Gasteiger partial charge in [0, 0.05) is 12.3 Å². The van der Waals surface area contributed by atoms with Crippen LogP contribution in [0.5, 0.6) is 0 Å². The maximum atomic E-state index is 13.6. The van der Waals surface area contributed by atoms with Crippen molar-refractivity contribution >= 4 is 34.2 Å². The number of nitrogens with zero attached hydrogens (tertiary/aromatic N) is 1. The van der Waals surface area contributed by atoms with Crippen molar-refractivity contribution in [1.29, 1.82) is 0 Å². The number of anilines is 1. The molecule has 5 heteroatoms. The molecular weight excluding hydrogens is 259 g/mol. The van der Waals surface area contributed by atoms with Crippen LogP contribution < -0.4 is 5.32 Å². The second kappa shape index (κ2) is 4.86. The summed E-state index contributed by atoms with van der Waals surface area (Å²) in [5.74, 6) is 0.545. The number of halogens is 2. The Hall–Kier alpha value is -0.740. The first-order chi connectivity index (χ1) is 7.98. The molecule has 0 atom stereocenters. The van der Waals surface area contributed by atoms with E-state index in [-0.39, 0.29) is 10.4 Å². The Balaban J connectivity index is 2.12. The summed E-state index contributed by atoms with van der Waals surface area (Å²) in [5, 5.41) is 3.86. The van der Waals surface area contributed by atoms with Gasteiger partial charge in [-0.15, -0.1) is 0 Å². The summed E-state index contributed by atoms with van der Waals surface area (Å²) < 4.78 is 13.6.